The summed E-state index contributed by atoms with van der Waals surface area (Å²) in [5.41, 5.74) is 1.44. The van der Waals surface area contributed by atoms with Crippen molar-refractivity contribution < 1.29 is 13.9 Å². The van der Waals surface area contributed by atoms with Gasteiger partial charge in [-0.3, -0.25) is 9.48 Å². The molecule has 6 heteroatoms. The van der Waals surface area contributed by atoms with Crippen LogP contribution in [0.15, 0.2) is 22.7 Å². The Labute approximate surface area is 129 Å². The van der Waals surface area contributed by atoms with Crippen LogP contribution in [-0.2, 0) is 11.8 Å². The third-order valence-electron chi connectivity index (χ3n) is 3.95. The maximum atomic E-state index is 12.6. The summed E-state index contributed by atoms with van der Waals surface area (Å²) in [6.07, 6.45) is 2.67. The van der Waals surface area contributed by atoms with Crippen LogP contribution >= 0.6 is 0 Å². The van der Waals surface area contributed by atoms with Crippen LogP contribution in [0.2, 0.25) is 0 Å². The molecule has 1 N–H and O–H groups in total. The van der Waals surface area contributed by atoms with Gasteiger partial charge in [0.1, 0.15) is 11.5 Å². The minimum absolute atomic E-state index is 0.128. The molecule has 118 valence electrons. The summed E-state index contributed by atoms with van der Waals surface area (Å²) in [6, 6.07) is 3.59. The van der Waals surface area contributed by atoms with Crippen LogP contribution < -0.4 is 5.32 Å². The Morgan fingerprint density at radius 2 is 2.32 bits per heavy atom. The lowest BCUT2D eigenvalue weighted by atomic mass is 10.0. The van der Waals surface area contributed by atoms with Crippen LogP contribution in [-0.4, -0.2) is 28.9 Å². The largest absolute Gasteiger partial charge is 0.464 e. The fraction of sp³-hybridized carbons (Fsp3) is 0.500. The summed E-state index contributed by atoms with van der Waals surface area (Å²) in [4.78, 5) is 12.6. The second kappa shape index (κ2) is 5.96. The Hall–Kier alpha value is -2.08. The van der Waals surface area contributed by atoms with E-state index in [1.54, 1.807) is 10.9 Å². The van der Waals surface area contributed by atoms with Crippen molar-refractivity contribution >= 4 is 5.91 Å². The number of hydrogen-bond donors (Lipinski definition) is 1. The number of carbonyl (C=O) groups is 1. The van der Waals surface area contributed by atoms with Crippen LogP contribution in [0.5, 0.6) is 0 Å². The van der Waals surface area contributed by atoms with Crippen molar-refractivity contribution in [1.29, 1.82) is 0 Å². The first kappa shape index (κ1) is 14.8. The Balaban J connectivity index is 1.77. The van der Waals surface area contributed by atoms with Crippen LogP contribution in [0.4, 0.5) is 0 Å². The minimum atomic E-state index is -0.186. The molecule has 3 rings (SSSR count). The van der Waals surface area contributed by atoms with E-state index in [0.29, 0.717) is 12.2 Å². The van der Waals surface area contributed by atoms with Gasteiger partial charge in [0.25, 0.3) is 5.91 Å². The molecule has 3 heterocycles. The molecule has 0 radical (unpaired) electrons. The van der Waals surface area contributed by atoms with Gasteiger partial charge in [0.05, 0.1) is 23.9 Å². The van der Waals surface area contributed by atoms with Gasteiger partial charge >= 0.3 is 0 Å². The highest BCUT2D eigenvalue weighted by Gasteiger charge is 2.27. The van der Waals surface area contributed by atoms with Crippen molar-refractivity contribution in [2.75, 3.05) is 13.2 Å². The third-order valence-corrected chi connectivity index (χ3v) is 3.95. The topological polar surface area (TPSA) is 69.3 Å². The first-order valence-corrected chi connectivity index (χ1v) is 7.53. The number of aromatic nitrogens is 2. The number of amides is 1. The molecule has 2 atom stereocenters. The minimum Gasteiger partial charge on any atom is -0.464 e. The molecule has 1 aliphatic rings. The van der Waals surface area contributed by atoms with Crippen molar-refractivity contribution in [2.24, 2.45) is 7.05 Å². The highest BCUT2D eigenvalue weighted by Crippen LogP contribution is 2.27. The van der Waals surface area contributed by atoms with E-state index in [2.05, 4.69) is 10.4 Å². The fourth-order valence-electron chi connectivity index (χ4n) is 2.76. The average Bonchev–Trinajstić information content (AvgIpc) is 3.17. The lowest BCUT2D eigenvalue weighted by Crippen LogP contribution is -2.27. The van der Waals surface area contributed by atoms with Gasteiger partial charge in [0.2, 0.25) is 0 Å². The molecule has 2 aromatic rings. The Kier molecular flexibility index (Phi) is 4.02. The molecule has 1 saturated heterocycles. The quantitative estimate of drug-likeness (QED) is 0.941. The van der Waals surface area contributed by atoms with Crippen LogP contribution in [0.1, 0.15) is 52.9 Å². The SMILES string of the molecule is Cc1ccc([C@H](C)NC(=O)c2cn(C)nc2[C@H]2CCOC2)o1. The van der Waals surface area contributed by atoms with E-state index >= 15 is 0 Å². The van der Waals surface area contributed by atoms with E-state index in [1.807, 2.05) is 33.0 Å². The normalized spacial score (nSPS) is 19.3. The van der Waals surface area contributed by atoms with Gasteiger partial charge < -0.3 is 14.5 Å². The molecular weight excluding hydrogens is 282 g/mol. The van der Waals surface area contributed by atoms with E-state index in [4.69, 9.17) is 9.15 Å². The summed E-state index contributed by atoms with van der Waals surface area (Å²) in [5, 5.41) is 7.43. The van der Waals surface area contributed by atoms with Crippen molar-refractivity contribution in [1.82, 2.24) is 15.1 Å². The lowest BCUT2D eigenvalue weighted by Gasteiger charge is -2.12. The van der Waals surface area contributed by atoms with Crippen molar-refractivity contribution in [2.45, 2.75) is 32.2 Å². The number of rotatable bonds is 4. The number of carbonyl (C=O) groups excluding carboxylic acids is 1. The van der Waals surface area contributed by atoms with Crippen molar-refractivity contribution in [3.05, 3.63) is 41.1 Å². The number of aryl methyl sites for hydroxylation is 2. The van der Waals surface area contributed by atoms with Gasteiger partial charge in [-0.2, -0.15) is 5.10 Å². The smallest absolute Gasteiger partial charge is 0.255 e. The maximum absolute atomic E-state index is 12.6. The lowest BCUT2D eigenvalue weighted by molar-refractivity contribution is 0.0933. The molecule has 22 heavy (non-hydrogen) atoms. The number of furan rings is 1. The van der Waals surface area contributed by atoms with Gasteiger partial charge in [-0.1, -0.05) is 0 Å². The molecule has 1 fully saturated rings. The third kappa shape index (κ3) is 2.92. The van der Waals surface area contributed by atoms with Crippen molar-refractivity contribution in [3.8, 4) is 0 Å². The number of nitrogens with zero attached hydrogens (tertiary/aromatic N) is 2. The fourth-order valence-corrected chi connectivity index (χ4v) is 2.76. The van der Waals surface area contributed by atoms with E-state index in [1.165, 1.54) is 0 Å². The summed E-state index contributed by atoms with van der Waals surface area (Å²) in [6.45, 7) is 5.15. The summed E-state index contributed by atoms with van der Waals surface area (Å²) >= 11 is 0. The zero-order valence-corrected chi connectivity index (χ0v) is 13.1. The standard InChI is InChI=1S/C16H21N3O3/c1-10-4-5-14(22-10)11(2)17-16(20)13-8-19(3)18-15(13)12-6-7-21-9-12/h4-5,8,11-12H,6-7,9H2,1-3H3,(H,17,20)/t11-,12-/m0/s1. The zero-order chi connectivity index (χ0) is 15.7. The van der Waals surface area contributed by atoms with Gasteiger partial charge in [0.15, 0.2) is 0 Å². The summed E-state index contributed by atoms with van der Waals surface area (Å²) in [7, 11) is 1.83. The van der Waals surface area contributed by atoms with E-state index < -0.39 is 0 Å². The van der Waals surface area contributed by atoms with Crippen LogP contribution in [0.3, 0.4) is 0 Å². The maximum Gasteiger partial charge on any atom is 0.255 e. The van der Waals surface area contributed by atoms with Crippen molar-refractivity contribution in [3.63, 3.8) is 0 Å². The zero-order valence-electron chi connectivity index (χ0n) is 13.1. The molecule has 1 aliphatic heterocycles. The second-order valence-corrected chi connectivity index (χ2v) is 5.81. The van der Waals surface area contributed by atoms with Gasteiger partial charge in [-0.05, 0) is 32.4 Å². The first-order chi connectivity index (χ1) is 10.5. The molecule has 0 saturated carbocycles. The molecule has 1 amide bonds. The molecule has 6 nitrogen and oxygen atoms in total. The average molecular weight is 303 g/mol. The van der Waals surface area contributed by atoms with Gasteiger partial charge in [0, 0.05) is 25.8 Å². The number of hydrogen-bond acceptors (Lipinski definition) is 4. The first-order valence-electron chi connectivity index (χ1n) is 7.53. The summed E-state index contributed by atoms with van der Waals surface area (Å²) in [5.74, 6) is 1.65. The highest BCUT2D eigenvalue weighted by atomic mass is 16.5. The highest BCUT2D eigenvalue weighted by molar-refractivity contribution is 5.95. The van der Waals surface area contributed by atoms with Gasteiger partial charge in [-0.15, -0.1) is 0 Å². The van der Waals surface area contributed by atoms with E-state index in [9.17, 15) is 4.79 Å². The Morgan fingerprint density at radius 3 is 2.95 bits per heavy atom. The predicted octanol–water partition coefficient (Wildman–Crippen LogP) is 2.32. The van der Waals surface area contributed by atoms with E-state index in [-0.39, 0.29) is 17.9 Å². The Bertz CT molecular complexity index is 668. The molecular formula is C16H21N3O3. The molecule has 0 aliphatic carbocycles. The van der Waals surface area contributed by atoms with Gasteiger partial charge in [-0.25, -0.2) is 0 Å². The second-order valence-electron chi connectivity index (χ2n) is 5.81. The predicted molar refractivity (Wildman–Crippen MR) is 80.7 cm³/mol. The number of nitrogens with one attached hydrogen (secondary N) is 1. The van der Waals surface area contributed by atoms with E-state index in [0.717, 1.165) is 30.2 Å². The monoisotopic (exact) mass is 303 g/mol. The summed E-state index contributed by atoms with van der Waals surface area (Å²) < 4.78 is 12.7. The van der Waals surface area contributed by atoms with Crippen LogP contribution in [0.25, 0.3) is 0 Å². The molecule has 2 aromatic heterocycles. The molecule has 0 aromatic carbocycles. The molecule has 0 unspecified atom stereocenters. The Morgan fingerprint density at radius 1 is 1.50 bits per heavy atom. The molecule has 0 spiro atoms. The number of ether oxygens (including phenoxy) is 1. The van der Waals surface area contributed by atoms with Crippen LogP contribution in [0, 0.1) is 6.92 Å². The molecule has 0 bridgehead atoms.